The molecule has 2 rings (SSSR count). The van der Waals surface area contributed by atoms with E-state index >= 15 is 0 Å². The quantitative estimate of drug-likeness (QED) is 0.794. The molecule has 1 aromatic carbocycles. The molecular weight excluding hydrogens is 246 g/mol. The maximum absolute atomic E-state index is 11.4. The Labute approximate surface area is 110 Å². The molecule has 1 aromatic heterocycles. The van der Waals surface area contributed by atoms with Crippen molar-refractivity contribution in [2.45, 2.75) is 13.2 Å². The lowest BCUT2D eigenvalue weighted by Gasteiger charge is -2.03. The van der Waals surface area contributed by atoms with E-state index in [9.17, 15) is 4.79 Å². The Bertz CT molecular complexity index is 575. The molecule has 19 heavy (non-hydrogen) atoms. The van der Waals surface area contributed by atoms with E-state index in [2.05, 4.69) is 9.84 Å². The van der Waals surface area contributed by atoms with Crippen molar-refractivity contribution in [2.75, 3.05) is 12.8 Å². The summed E-state index contributed by atoms with van der Waals surface area (Å²) in [6.45, 7) is 0.508. The molecule has 6 heteroatoms. The maximum atomic E-state index is 11.4. The number of benzene rings is 1. The molecule has 6 nitrogen and oxygen atoms in total. The van der Waals surface area contributed by atoms with Crippen molar-refractivity contribution >= 4 is 11.7 Å². The van der Waals surface area contributed by atoms with E-state index in [-0.39, 0.29) is 12.3 Å². The average molecular weight is 261 g/mol. The lowest BCUT2D eigenvalue weighted by Crippen LogP contribution is -2.07. The number of ether oxygens (including phenoxy) is 1. The molecule has 1 heterocycles. The minimum atomic E-state index is -0.549. The Balaban J connectivity index is 2.16. The Morgan fingerprint density at radius 2 is 2.00 bits per heavy atom. The van der Waals surface area contributed by atoms with E-state index in [0.29, 0.717) is 12.2 Å². The molecule has 100 valence electrons. The minimum absolute atomic E-state index is 0.0154. The summed E-state index contributed by atoms with van der Waals surface area (Å²) in [6, 6.07) is 7.45. The topological polar surface area (TPSA) is 90.4 Å². The van der Waals surface area contributed by atoms with Gasteiger partial charge in [-0.15, -0.1) is 0 Å². The van der Waals surface area contributed by atoms with Crippen molar-refractivity contribution in [1.82, 2.24) is 9.78 Å². The monoisotopic (exact) mass is 261 g/mol. The fourth-order valence-electron chi connectivity index (χ4n) is 1.71. The van der Waals surface area contributed by atoms with Crippen LogP contribution in [0, 0.1) is 0 Å². The average Bonchev–Trinajstić information content (AvgIpc) is 2.79. The molecule has 0 unspecified atom stereocenters. The van der Waals surface area contributed by atoms with Crippen LogP contribution in [0.4, 0.5) is 5.69 Å². The lowest BCUT2D eigenvalue weighted by atomic mass is 10.1. The zero-order valence-corrected chi connectivity index (χ0v) is 10.5. The first-order valence-electron chi connectivity index (χ1n) is 5.74. The fourth-order valence-corrected chi connectivity index (χ4v) is 1.71. The van der Waals surface area contributed by atoms with E-state index < -0.39 is 5.97 Å². The van der Waals surface area contributed by atoms with Gasteiger partial charge in [0, 0.05) is 6.20 Å². The predicted octanol–water partition coefficient (Wildman–Crippen LogP) is 0.792. The van der Waals surface area contributed by atoms with Crippen LogP contribution in [0.25, 0.3) is 0 Å². The number of anilines is 1. The highest BCUT2D eigenvalue weighted by molar-refractivity contribution is 5.92. The third kappa shape index (κ3) is 2.92. The van der Waals surface area contributed by atoms with Gasteiger partial charge in [-0.2, -0.15) is 5.10 Å². The number of methoxy groups -OCH3 is 1. The normalized spacial score (nSPS) is 10.4. The summed E-state index contributed by atoms with van der Waals surface area (Å²) in [4.78, 5) is 11.4. The number of nitrogens with zero attached hydrogens (tertiary/aromatic N) is 2. The van der Waals surface area contributed by atoms with Crippen LogP contribution in [-0.4, -0.2) is 28.0 Å². The van der Waals surface area contributed by atoms with Gasteiger partial charge in [0.15, 0.2) is 5.69 Å². The first-order valence-corrected chi connectivity index (χ1v) is 5.74. The third-order valence-electron chi connectivity index (χ3n) is 2.72. The molecule has 0 saturated heterocycles. The number of hydrogen-bond donors (Lipinski definition) is 2. The van der Waals surface area contributed by atoms with Gasteiger partial charge in [0.2, 0.25) is 0 Å². The van der Waals surface area contributed by atoms with Crippen molar-refractivity contribution in [3.8, 4) is 0 Å². The minimum Gasteiger partial charge on any atom is -0.464 e. The molecule has 0 amide bonds. The largest absolute Gasteiger partial charge is 0.464 e. The zero-order chi connectivity index (χ0) is 13.8. The molecule has 0 aliphatic heterocycles. The summed E-state index contributed by atoms with van der Waals surface area (Å²) in [5.74, 6) is -0.549. The lowest BCUT2D eigenvalue weighted by molar-refractivity contribution is 0.0594. The predicted molar refractivity (Wildman–Crippen MR) is 69.4 cm³/mol. The highest BCUT2D eigenvalue weighted by atomic mass is 16.5. The molecule has 0 fully saturated rings. The van der Waals surface area contributed by atoms with E-state index in [1.54, 1.807) is 10.9 Å². The van der Waals surface area contributed by atoms with Crippen molar-refractivity contribution in [3.63, 3.8) is 0 Å². The van der Waals surface area contributed by atoms with Gasteiger partial charge < -0.3 is 15.6 Å². The number of esters is 1. The van der Waals surface area contributed by atoms with Gasteiger partial charge in [-0.1, -0.05) is 24.3 Å². The van der Waals surface area contributed by atoms with Gasteiger partial charge in [0.25, 0.3) is 0 Å². The highest BCUT2D eigenvalue weighted by Crippen LogP contribution is 2.12. The molecule has 2 aromatic rings. The Morgan fingerprint density at radius 3 is 2.58 bits per heavy atom. The van der Waals surface area contributed by atoms with Crippen molar-refractivity contribution in [2.24, 2.45) is 0 Å². The van der Waals surface area contributed by atoms with Crippen molar-refractivity contribution in [1.29, 1.82) is 0 Å². The molecule has 0 radical (unpaired) electrons. The van der Waals surface area contributed by atoms with Crippen LogP contribution in [0.15, 0.2) is 30.5 Å². The first-order chi connectivity index (χ1) is 9.13. The molecule has 3 N–H and O–H groups in total. The summed E-state index contributed by atoms with van der Waals surface area (Å²) in [5.41, 5.74) is 7.95. The summed E-state index contributed by atoms with van der Waals surface area (Å²) in [5, 5.41) is 13.0. The number of carbonyl (C=O) groups is 1. The number of nitrogens with two attached hydrogens (primary N) is 1. The highest BCUT2D eigenvalue weighted by Gasteiger charge is 2.15. The van der Waals surface area contributed by atoms with Gasteiger partial charge in [-0.25, -0.2) is 4.79 Å². The van der Waals surface area contributed by atoms with Crippen LogP contribution in [0.5, 0.6) is 0 Å². The second kappa shape index (κ2) is 5.53. The maximum Gasteiger partial charge on any atom is 0.360 e. The SMILES string of the molecule is COC(=O)c1nn(Cc2ccc(CO)cc2)cc1N. The fraction of sp³-hybridized carbons (Fsp3) is 0.231. The Hall–Kier alpha value is -2.34. The van der Waals surface area contributed by atoms with Crippen LogP contribution in [0.1, 0.15) is 21.6 Å². The van der Waals surface area contributed by atoms with Crippen molar-refractivity contribution in [3.05, 3.63) is 47.3 Å². The Morgan fingerprint density at radius 1 is 1.37 bits per heavy atom. The van der Waals surface area contributed by atoms with Gasteiger partial charge in [-0.3, -0.25) is 4.68 Å². The van der Waals surface area contributed by atoms with Crippen LogP contribution >= 0.6 is 0 Å². The van der Waals surface area contributed by atoms with Crippen molar-refractivity contribution < 1.29 is 14.6 Å². The van der Waals surface area contributed by atoms with Crippen LogP contribution < -0.4 is 5.73 Å². The molecule has 0 aliphatic carbocycles. The number of rotatable bonds is 4. The molecule has 0 aliphatic rings. The second-order valence-corrected chi connectivity index (χ2v) is 4.10. The van der Waals surface area contributed by atoms with Gasteiger partial charge in [-0.05, 0) is 11.1 Å². The standard InChI is InChI=1S/C13H15N3O3/c1-19-13(18)12-11(14)7-16(15-12)6-9-2-4-10(8-17)5-3-9/h2-5,7,17H,6,8,14H2,1H3. The number of aromatic nitrogens is 2. The smallest absolute Gasteiger partial charge is 0.360 e. The van der Waals surface area contributed by atoms with Gasteiger partial charge in [0.05, 0.1) is 25.9 Å². The van der Waals surface area contributed by atoms with Gasteiger partial charge in [0.1, 0.15) is 0 Å². The summed E-state index contributed by atoms with van der Waals surface area (Å²) >= 11 is 0. The Kier molecular flexibility index (Phi) is 3.82. The van der Waals surface area contributed by atoms with E-state index in [4.69, 9.17) is 10.8 Å². The molecule has 0 saturated carbocycles. The van der Waals surface area contributed by atoms with Crippen LogP contribution in [0.3, 0.4) is 0 Å². The number of aliphatic hydroxyl groups excluding tert-OH is 1. The van der Waals surface area contributed by atoms with E-state index in [1.165, 1.54) is 7.11 Å². The molecule has 0 atom stereocenters. The number of nitrogen functional groups attached to an aromatic ring is 1. The number of aliphatic hydroxyl groups is 1. The number of hydrogen-bond acceptors (Lipinski definition) is 5. The first kappa shape index (κ1) is 13.1. The molecular formula is C13H15N3O3. The van der Waals surface area contributed by atoms with Gasteiger partial charge >= 0.3 is 5.97 Å². The van der Waals surface area contributed by atoms with Crippen LogP contribution in [-0.2, 0) is 17.9 Å². The zero-order valence-electron chi connectivity index (χ0n) is 10.5. The van der Waals surface area contributed by atoms with E-state index in [1.807, 2.05) is 24.3 Å². The second-order valence-electron chi connectivity index (χ2n) is 4.10. The summed E-state index contributed by atoms with van der Waals surface area (Å²) < 4.78 is 6.17. The molecule has 0 spiro atoms. The molecule has 0 bridgehead atoms. The third-order valence-corrected chi connectivity index (χ3v) is 2.72. The van der Waals surface area contributed by atoms with E-state index in [0.717, 1.165) is 11.1 Å². The summed E-state index contributed by atoms with van der Waals surface area (Å²) in [6.07, 6.45) is 1.59. The summed E-state index contributed by atoms with van der Waals surface area (Å²) in [7, 11) is 1.29. The van der Waals surface area contributed by atoms with Crippen LogP contribution in [0.2, 0.25) is 0 Å². The number of carbonyl (C=O) groups excluding carboxylic acids is 1.